The first-order chi connectivity index (χ1) is 12.2. The summed E-state index contributed by atoms with van der Waals surface area (Å²) >= 11 is 0. The van der Waals surface area contributed by atoms with Gasteiger partial charge in [0, 0.05) is 13.2 Å². The van der Waals surface area contributed by atoms with Crippen LogP contribution < -0.4 is 0 Å². The minimum atomic E-state index is -0.270. The van der Waals surface area contributed by atoms with Gasteiger partial charge in [-0.25, -0.2) is 4.39 Å². The third kappa shape index (κ3) is 4.21. The number of nitrogens with zero attached hydrogens (tertiary/aromatic N) is 1. The molecule has 2 aliphatic heterocycles. The number of amides is 1. The molecule has 1 aromatic rings. The summed E-state index contributed by atoms with van der Waals surface area (Å²) in [7, 11) is 0. The van der Waals surface area contributed by atoms with Gasteiger partial charge in [0.25, 0.3) is 0 Å². The maximum Gasteiger partial charge on any atom is 0.227 e. The number of carbonyl (C=O) groups is 1. The lowest BCUT2D eigenvalue weighted by atomic mass is 9.99. The molecule has 1 aromatic carbocycles. The second-order valence-corrected chi connectivity index (χ2v) is 7.60. The van der Waals surface area contributed by atoms with E-state index in [9.17, 15) is 9.18 Å². The van der Waals surface area contributed by atoms with Crippen LogP contribution in [0.25, 0.3) is 0 Å². The van der Waals surface area contributed by atoms with Crippen molar-refractivity contribution in [2.24, 2.45) is 5.92 Å². The summed E-state index contributed by atoms with van der Waals surface area (Å²) in [5.74, 6) is 0.626. The van der Waals surface area contributed by atoms with Crippen LogP contribution in [0, 0.1) is 11.7 Å². The Morgan fingerprint density at radius 3 is 2.68 bits per heavy atom. The van der Waals surface area contributed by atoms with Crippen molar-refractivity contribution in [2.75, 3.05) is 19.8 Å². The number of hydrogen-bond acceptors (Lipinski definition) is 3. The highest BCUT2D eigenvalue weighted by atomic mass is 19.1. The van der Waals surface area contributed by atoms with E-state index in [0.29, 0.717) is 13.0 Å². The zero-order chi connectivity index (χ0) is 17.2. The van der Waals surface area contributed by atoms with Crippen molar-refractivity contribution in [3.63, 3.8) is 0 Å². The average Bonchev–Trinajstić information content (AvgIpc) is 3.33. The molecule has 0 aromatic heterocycles. The Kier molecular flexibility index (Phi) is 5.04. The highest BCUT2D eigenvalue weighted by Crippen LogP contribution is 2.33. The standard InChI is InChI=1S/C20H26FNO3/c21-16-5-3-14(4-6-16)11-20(23)22-10-9-19-18(22)8-7-17(25-19)13-24-12-15-1-2-15/h3-6,15,17-19H,1-2,7-13H2/t17-,18+,19+/m1/s1. The lowest BCUT2D eigenvalue weighted by Gasteiger charge is -2.36. The van der Waals surface area contributed by atoms with Gasteiger partial charge in [0.05, 0.1) is 31.3 Å². The normalized spacial score (nSPS) is 28.8. The van der Waals surface area contributed by atoms with Gasteiger partial charge in [0.2, 0.25) is 5.91 Å². The van der Waals surface area contributed by atoms with E-state index in [4.69, 9.17) is 9.47 Å². The first-order valence-electron chi connectivity index (χ1n) is 9.46. The van der Waals surface area contributed by atoms with E-state index >= 15 is 0 Å². The summed E-state index contributed by atoms with van der Waals surface area (Å²) in [6, 6.07) is 6.38. The maximum atomic E-state index is 13.0. The van der Waals surface area contributed by atoms with E-state index in [2.05, 4.69) is 0 Å². The van der Waals surface area contributed by atoms with Gasteiger partial charge in [-0.05, 0) is 55.7 Å². The summed E-state index contributed by atoms with van der Waals surface area (Å²) in [4.78, 5) is 14.6. The number of fused-ring (bicyclic) bond motifs is 1. The number of hydrogen-bond donors (Lipinski definition) is 0. The van der Waals surface area contributed by atoms with Crippen LogP contribution >= 0.6 is 0 Å². The lowest BCUT2D eigenvalue weighted by Crippen LogP contribution is -2.46. The highest BCUT2D eigenvalue weighted by molar-refractivity contribution is 5.79. The number of benzene rings is 1. The van der Waals surface area contributed by atoms with Crippen molar-refractivity contribution in [3.8, 4) is 0 Å². The quantitative estimate of drug-likeness (QED) is 0.794. The number of carbonyl (C=O) groups excluding carboxylic acids is 1. The number of halogens is 1. The molecular formula is C20H26FNO3. The molecule has 2 heterocycles. The smallest absolute Gasteiger partial charge is 0.227 e. The topological polar surface area (TPSA) is 38.8 Å². The molecule has 0 radical (unpaired) electrons. The maximum absolute atomic E-state index is 13.0. The number of likely N-dealkylation sites (tertiary alicyclic amines) is 1. The summed E-state index contributed by atoms with van der Waals surface area (Å²) < 4.78 is 25.0. The molecule has 136 valence electrons. The molecule has 25 heavy (non-hydrogen) atoms. The molecule has 0 spiro atoms. The number of ether oxygens (including phenoxy) is 2. The third-order valence-corrected chi connectivity index (χ3v) is 5.58. The molecule has 3 aliphatic rings. The Labute approximate surface area is 148 Å². The van der Waals surface area contributed by atoms with Crippen LogP contribution in [-0.4, -0.2) is 48.8 Å². The van der Waals surface area contributed by atoms with Crippen molar-refractivity contribution < 1.29 is 18.7 Å². The van der Waals surface area contributed by atoms with Crippen molar-refractivity contribution in [2.45, 2.75) is 56.8 Å². The van der Waals surface area contributed by atoms with E-state index < -0.39 is 0 Å². The Hall–Kier alpha value is -1.46. The summed E-state index contributed by atoms with van der Waals surface area (Å²) in [6.07, 6.45) is 6.09. The zero-order valence-corrected chi connectivity index (χ0v) is 14.5. The molecule has 0 N–H and O–H groups in total. The molecule has 4 nitrogen and oxygen atoms in total. The van der Waals surface area contributed by atoms with Gasteiger partial charge in [0.15, 0.2) is 0 Å². The molecule has 1 saturated carbocycles. The Morgan fingerprint density at radius 1 is 1.12 bits per heavy atom. The fourth-order valence-electron chi connectivity index (χ4n) is 3.96. The van der Waals surface area contributed by atoms with Gasteiger partial charge in [-0.15, -0.1) is 0 Å². The lowest BCUT2D eigenvalue weighted by molar-refractivity contribution is -0.138. The fraction of sp³-hybridized carbons (Fsp3) is 0.650. The van der Waals surface area contributed by atoms with Crippen LogP contribution in [0.5, 0.6) is 0 Å². The molecule has 2 saturated heterocycles. The van der Waals surface area contributed by atoms with E-state index in [1.165, 1.54) is 25.0 Å². The fourth-order valence-corrected chi connectivity index (χ4v) is 3.96. The van der Waals surface area contributed by atoms with Gasteiger partial charge >= 0.3 is 0 Å². The predicted molar refractivity (Wildman–Crippen MR) is 91.7 cm³/mol. The van der Waals surface area contributed by atoms with Crippen LogP contribution in [-0.2, 0) is 20.7 Å². The molecular weight excluding hydrogens is 321 g/mol. The van der Waals surface area contributed by atoms with Crippen molar-refractivity contribution in [1.29, 1.82) is 0 Å². The first-order valence-corrected chi connectivity index (χ1v) is 9.46. The molecule has 0 unspecified atom stereocenters. The molecule has 1 aliphatic carbocycles. The second kappa shape index (κ2) is 7.42. The van der Waals surface area contributed by atoms with Crippen LogP contribution in [0.3, 0.4) is 0 Å². The van der Waals surface area contributed by atoms with E-state index in [0.717, 1.165) is 43.9 Å². The van der Waals surface area contributed by atoms with Crippen LogP contribution in [0.1, 0.15) is 37.7 Å². The van der Waals surface area contributed by atoms with E-state index in [1.54, 1.807) is 12.1 Å². The Bertz CT molecular complexity index is 601. The Morgan fingerprint density at radius 2 is 1.92 bits per heavy atom. The zero-order valence-electron chi connectivity index (χ0n) is 14.5. The average molecular weight is 347 g/mol. The Balaban J connectivity index is 1.27. The van der Waals surface area contributed by atoms with Crippen molar-refractivity contribution in [3.05, 3.63) is 35.6 Å². The molecule has 5 heteroatoms. The predicted octanol–water partition coefficient (Wildman–Crippen LogP) is 2.94. The van der Waals surface area contributed by atoms with Crippen LogP contribution in [0.2, 0.25) is 0 Å². The molecule has 3 atom stereocenters. The highest BCUT2D eigenvalue weighted by Gasteiger charge is 2.41. The van der Waals surface area contributed by atoms with Gasteiger partial charge < -0.3 is 14.4 Å². The van der Waals surface area contributed by atoms with Crippen molar-refractivity contribution >= 4 is 5.91 Å². The van der Waals surface area contributed by atoms with Gasteiger partial charge in [-0.2, -0.15) is 0 Å². The summed E-state index contributed by atoms with van der Waals surface area (Å²) in [6.45, 7) is 2.31. The minimum absolute atomic E-state index is 0.117. The first kappa shape index (κ1) is 17.0. The van der Waals surface area contributed by atoms with Crippen molar-refractivity contribution in [1.82, 2.24) is 4.90 Å². The van der Waals surface area contributed by atoms with Gasteiger partial charge in [-0.1, -0.05) is 12.1 Å². The van der Waals surface area contributed by atoms with E-state index in [1.807, 2.05) is 4.90 Å². The minimum Gasteiger partial charge on any atom is -0.378 e. The largest absolute Gasteiger partial charge is 0.378 e. The molecule has 4 rings (SSSR count). The molecule has 0 bridgehead atoms. The second-order valence-electron chi connectivity index (χ2n) is 7.60. The van der Waals surface area contributed by atoms with Crippen LogP contribution in [0.4, 0.5) is 4.39 Å². The SMILES string of the molecule is O=C(Cc1ccc(F)cc1)N1CC[C@@H]2O[C@@H](COCC3CC3)CC[C@@H]21. The third-order valence-electron chi connectivity index (χ3n) is 5.58. The number of rotatable bonds is 6. The van der Waals surface area contributed by atoms with Crippen LogP contribution in [0.15, 0.2) is 24.3 Å². The summed E-state index contributed by atoms with van der Waals surface area (Å²) in [5, 5.41) is 0. The van der Waals surface area contributed by atoms with Gasteiger partial charge in [-0.3, -0.25) is 4.79 Å². The summed E-state index contributed by atoms with van der Waals surface area (Å²) in [5.41, 5.74) is 0.859. The van der Waals surface area contributed by atoms with E-state index in [-0.39, 0.29) is 30.0 Å². The molecule has 3 fully saturated rings. The monoisotopic (exact) mass is 347 g/mol. The molecule has 1 amide bonds. The van der Waals surface area contributed by atoms with Gasteiger partial charge in [0.1, 0.15) is 5.82 Å².